The van der Waals surface area contributed by atoms with Crippen molar-refractivity contribution in [3.8, 4) is 0 Å². The number of carbonyl (C=O) groups is 1. The van der Waals surface area contributed by atoms with Gasteiger partial charge < -0.3 is 11.1 Å². The summed E-state index contributed by atoms with van der Waals surface area (Å²) < 4.78 is 0. The van der Waals surface area contributed by atoms with Crippen molar-refractivity contribution in [1.82, 2.24) is 5.32 Å². The topological polar surface area (TPSA) is 55.1 Å². The van der Waals surface area contributed by atoms with Crippen LogP contribution in [0.4, 0.5) is 0 Å². The largest absolute Gasteiger partial charge is 0.349 e. The van der Waals surface area contributed by atoms with Crippen LogP contribution in [0.3, 0.4) is 0 Å². The summed E-state index contributed by atoms with van der Waals surface area (Å²) in [6.07, 6.45) is 3.18. The highest BCUT2D eigenvalue weighted by Crippen LogP contribution is 2.25. The lowest BCUT2D eigenvalue weighted by atomic mass is 10.0. The Morgan fingerprint density at radius 1 is 1.26 bits per heavy atom. The third-order valence-corrected chi connectivity index (χ3v) is 3.84. The number of carbonyl (C=O) groups excluding carboxylic acids is 1. The van der Waals surface area contributed by atoms with Crippen molar-refractivity contribution in [2.24, 2.45) is 11.7 Å². The molecule has 1 fully saturated rings. The lowest BCUT2D eigenvalue weighted by molar-refractivity contribution is 0.0929. The molecule has 2 atom stereocenters. The van der Waals surface area contributed by atoms with Gasteiger partial charge in [-0.05, 0) is 43.5 Å². The summed E-state index contributed by atoms with van der Waals surface area (Å²) in [4.78, 5) is 12.1. The first kappa shape index (κ1) is 16.6. The van der Waals surface area contributed by atoms with E-state index in [0.717, 1.165) is 19.3 Å². The van der Waals surface area contributed by atoms with Crippen molar-refractivity contribution < 1.29 is 4.79 Å². The first-order chi connectivity index (χ1) is 8.60. The average Bonchev–Trinajstić information content (AvgIpc) is 2.75. The zero-order chi connectivity index (χ0) is 13.1. The monoisotopic (exact) mass is 322 g/mol. The Morgan fingerprint density at radius 3 is 2.47 bits per heavy atom. The molecule has 1 aliphatic carbocycles. The number of benzene rings is 1. The third kappa shape index (κ3) is 4.25. The Bertz CT molecular complexity index is 433. The van der Waals surface area contributed by atoms with Crippen LogP contribution in [0.5, 0.6) is 0 Å². The summed E-state index contributed by atoms with van der Waals surface area (Å²) in [7, 11) is 0. The quantitative estimate of drug-likeness (QED) is 0.897. The van der Waals surface area contributed by atoms with Gasteiger partial charge in [-0.3, -0.25) is 4.79 Å². The van der Waals surface area contributed by atoms with Crippen LogP contribution >= 0.6 is 35.6 Å². The van der Waals surface area contributed by atoms with E-state index in [9.17, 15) is 4.79 Å². The molecule has 19 heavy (non-hydrogen) atoms. The van der Waals surface area contributed by atoms with Gasteiger partial charge in [-0.15, -0.1) is 12.4 Å². The van der Waals surface area contributed by atoms with Gasteiger partial charge in [0, 0.05) is 21.7 Å². The van der Waals surface area contributed by atoms with Crippen molar-refractivity contribution in [2.75, 3.05) is 6.54 Å². The summed E-state index contributed by atoms with van der Waals surface area (Å²) in [5.74, 6) is 0.244. The predicted molar refractivity (Wildman–Crippen MR) is 81.4 cm³/mol. The van der Waals surface area contributed by atoms with Gasteiger partial charge in [-0.25, -0.2) is 0 Å². The number of nitrogens with one attached hydrogen (secondary N) is 1. The number of hydrogen-bond acceptors (Lipinski definition) is 2. The van der Waals surface area contributed by atoms with Gasteiger partial charge in [0.2, 0.25) is 0 Å². The van der Waals surface area contributed by atoms with Crippen LogP contribution in [-0.2, 0) is 0 Å². The maximum absolute atomic E-state index is 12.1. The smallest absolute Gasteiger partial charge is 0.251 e. The van der Waals surface area contributed by atoms with E-state index >= 15 is 0 Å². The Labute approximate surface area is 129 Å². The fourth-order valence-corrected chi connectivity index (χ4v) is 2.97. The molecule has 3 N–H and O–H groups in total. The van der Waals surface area contributed by atoms with Gasteiger partial charge in [0.15, 0.2) is 0 Å². The van der Waals surface area contributed by atoms with Crippen LogP contribution < -0.4 is 11.1 Å². The van der Waals surface area contributed by atoms with Gasteiger partial charge in [-0.2, -0.15) is 0 Å². The van der Waals surface area contributed by atoms with Crippen LogP contribution in [0.15, 0.2) is 18.2 Å². The first-order valence-electron chi connectivity index (χ1n) is 6.07. The van der Waals surface area contributed by atoms with E-state index in [1.165, 1.54) is 0 Å². The molecule has 0 saturated heterocycles. The highest BCUT2D eigenvalue weighted by atomic mass is 35.5. The number of hydrogen-bond donors (Lipinski definition) is 2. The molecule has 2 rings (SSSR count). The van der Waals surface area contributed by atoms with Crippen LogP contribution in [-0.4, -0.2) is 18.5 Å². The highest BCUT2D eigenvalue weighted by molar-refractivity contribution is 6.35. The van der Waals surface area contributed by atoms with Crippen molar-refractivity contribution in [1.29, 1.82) is 0 Å². The fourth-order valence-electron chi connectivity index (χ4n) is 2.45. The second-order valence-electron chi connectivity index (χ2n) is 4.66. The molecule has 1 amide bonds. The molecular weight excluding hydrogens is 307 g/mol. The molecule has 0 spiro atoms. The standard InChI is InChI=1S/C13H16Cl2N2O.ClH/c14-10-4-9(5-11(15)6-10)13(18)17-12-3-1-2-8(12)7-16;/h4-6,8,12H,1-3,7,16H2,(H,17,18);1H. The van der Waals surface area contributed by atoms with Gasteiger partial charge in [0.25, 0.3) is 5.91 Å². The molecule has 1 aromatic rings. The number of halogens is 3. The summed E-state index contributed by atoms with van der Waals surface area (Å²) in [5, 5.41) is 3.95. The molecule has 0 bridgehead atoms. The van der Waals surface area contributed by atoms with E-state index in [0.29, 0.717) is 28.1 Å². The van der Waals surface area contributed by atoms with Crippen LogP contribution in [0.25, 0.3) is 0 Å². The summed E-state index contributed by atoms with van der Waals surface area (Å²) in [6.45, 7) is 0.612. The molecule has 6 heteroatoms. The summed E-state index contributed by atoms with van der Waals surface area (Å²) in [5.41, 5.74) is 6.19. The minimum atomic E-state index is -0.134. The predicted octanol–water partition coefficient (Wildman–Crippen LogP) is 3.27. The van der Waals surface area contributed by atoms with Gasteiger partial charge in [0.1, 0.15) is 0 Å². The van der Waals surface area contributed by atoms with Crippen LogP contribution in [0.2, 0.25) is 10.0 Å². The molecule has 3 nitrogen and oxygen atoms in total. The van der Waals surface area contributed by atoms with E-state index in [-0.39, 0.29) is 24.4 Å². The lowest BCUT2D eigenvalue weighted by Crippen LogP contribution is -2.39. The Balaban J connectivity index is 0.00000180. The second-order valence-corrected chi connectivity index (χ2v) is 5.54. The van der Waals surface area contributed by atoms with Crippen molar-refractivity contribution in [3.05, 3.63) is 33.8 Å². The summed E-state index contributed by atoms with van der Waals surface area (Å²) >= 11 is 11.8. The van der Waals surface area contributed by atoms with Gasteiger partial charge in [-0.1, -0.05) is 29.6 Å². The number of rotatable bonds is 3. The molecule has 0 aliphatic heterocycles. The number of amides is 1. The molecule has 106 valence electrons. The van der Waals surface area contributed by atoms with E-state index in [2.05, 4.69) is 5.32 Å². The van der Waals surface area contributed by atoms with Gasteiger partial charge >= 0.3 is 0 Å². The molecule has 1 aliphatic rings. The minimum Gasteiger partial charge on any atom is -0.349 e. The lowest BCUT2D eigenvalue weighted by Gasteiger charge is -2.19. The SMILES string of the molecule is Cl.NCC1CCCC1NC(=O)c1cc(Cl)cc(Cl)c1. The Kier molecular flexibility index (Phi) is 6.40. The zero-order valence-corrected chi connectivity index (χ0v) is 12.7. The zero-order valence-electron chi connectivity index (χ0n) is 10.4. The number of nitrogens with two attached hydrogens (primary N) is 1. The van der Waals surface area contributed by atoms with Crippen molar-refractivity contribution >= 4 is 41.5 Å². The van der Waals surface area contributed by atoms with Crippen molar-refractivity contribution in [2.45, 2.75) is 25.3 Å². The average molecular weight is 324 g/mol. The van der Waals surface area contributed by atoms with E-state index in [1.807, 2.05) is 0 Å². The highest BCUT2D eigenvalue weighted by Gasteiger charge is 2.27. The Morgan fingerprint density at radius 2 is 1.89 bits per heavy atom. The molecule has 0 aromatic heterocycles. The third-order valence-electron chi connectivity index (χ3n) is 3.40. The minimum absolute atomic E-state index is 0. The first-order valence-corrected chi connectivity index (χ1v) is 6.83. The van der Waals surface area contributed by atoms with E-state index in [4.69, 9.17) is 28.9 Å². The summed E-state index contributed by atoms with van der Waals surface area (Å²) in [6, 6.07) is 5.02. The van der Waals surface area contributed by atoms with Crippen LogP contribution in [0.1, 0.15) is 29.6 Å². The fraction of sp³-hybridized carbons (Fsp3) is 0.462. The van der Waals surface area contributed by atoms with E-state index in [1.54, 1.807) is 18.2 Å². The maximum Gasteiger partial charge on any atom is 0.251 e. The van der Waals surface area contributed by atoms with Gasteiger partial charge in [0.05, 0.1) is 0 Å². The van der Waals surface area contributed by atoms with Crippen LogP contribution in [0, 0.1) is 5.92 Å². The molecule has 0 heterocycles. The molecule has 0 radical (unpaired) electrons. The Hall–Kier alpha value is -0.480. The van der Waals surface area contributed by atoms with E-state index < -0.39 is 0 Å². The molecule has 2 unspecified atom stereocenters. The normalized spacial score (nSPS) is 21.8. The maximum atomic E-state index is 12.1. The molecular formula is C13H17Cl3N2O. The van der Waals surface area contributed by atoms with Crippen molar-refractivity contribution in [3.63, 3.8) is 0 Å². The molecule has 1 saturated carbocycles. The molecule has 1 aromatic carbocycles. The second kappa shape index (κ2) is 7.34.